The van der Waals surface area contributed by atoms with Crippen LogP contribution in [0, 0.1) is 13.8 Å². The maximum absolute atomic E-state index is 13.0. The topological polar surface area (TPSA) is 75.2 Å². The molecule has 150 valence electrons. The second-order valence-electron chi connectivity index (χ2n) is 7.39. The maximum atomic E-state index is 13.0. The van der Waals surface area contributed by atoms with Gasteiger partial charge in [0, 0.05) is 42.7 Å². The van der Waals surface area contributed by atoms with Crippen LogP contribution in [-0.2, 0) is 17.8 Å². The molecule has 0 saturated carbocycles. The van der Waals surface area contributed by atoms with Gasteiger partial charge < -0.3 is 10.2 Å². The first kappa shape index (κ1) is 19.5. The van der Waals surface area contributed by atoms with Crippen molar-refractivity contribution < 1.29 is 9.59 Å². The molecular formula is C22H24N4O2S. The zero-order chi connectivity index (χ0) is 20.5. The first-order valence-corrected chi connectivity index (χ1v) is 10.7. The van der Waals surface area contributed by atoms with Crippen LogP contribution in [0.1, 0.15) is 52.1 Å². The second kappa shape index (κ2) is 7.91. The highest BCUT2D eigenvalue weighted by Gasteiger charge is 2.21. The fourth-order valence-electron chi connectivity index (χ4n) is 3.80. The fourth-order valence-corrected chi connectivity index (χ4v) is 4.94. The molecule has 1 N–H and O–H groups in total. The second-order valence-corrected chi connectivity index (χ2v) is 8.39. The quantitative estimate of drug-likeness (QED) is 0.685. The van der Waals surface area contributed by atoms with Crippen LogP contribution in [0.5, 0.6) is 0 Å². The third-order valence-corrected chi connectivity index (χ3v) is 6.45. The van der Waals surface area contributed by atoms with E-state index in [1.54, 1.807) is 0 Å². The van der Waals surface area contributed by atoms with Crippen molar-refractivity contribution >= 4 is 39.1 Å². The average molecular weight is 409 g/mol. The van der Waals surface area contributed by atoms with Crippen molar-refractivity contribution in [2.45, 2.75) is 46.6 Å². The Morgan fingerprint density at radius 3 is 2.83 bits per heavy atom. The van der Waals surface area contributed by atoms with Gasteiger partial charge in [0.25, 0.3) is 5.91 Å². The molecule has 1 aliphatic heterocycles. The zero-order valence-electron chi connectivity index (χ0n) is 16.9. The number of rotatable bonds is 5. The molecule has 1 fully saturated rings. The highest BCUT2D eigenvalue weighted by Crippen LogP contribution is 2.32. The summed E-state index contributed by atoms with van der Waals surface area (Å²) in [7, 11) is 0. The number of hydrogen-bond donors (Lipinski definition) is 1. The van der Waals surface area contributed by atoms with Gasteiger partial charge in [-0.2, -0.15) is 0 Å². The number of amides is 2. The van der Waals surface area contributed by atoms with E-state index in [2.05, 4.69) is 15.3 Å². The van der Waals surface area contributed by atoms with Crippen LogP contribution in [0.25, 0.3) is 10.2 Å². The van der Waals surface area contributed by atoms with Crippen molar-refractivity contribution in [3.05, 3.63) is 51.8 Å². The molecule has 3 heterocycles. The molecule has 0 radical (unpaired) electrons. The molecule has 1 aromatic carbocycles. The van der Waals surface area contributed by atoms with Crippen LogP contribution in [0.2, 0.25) is 0 Å². The van der Waals surface area contributed by atoms with Crippen LogP contribution in [0.3, 0.4) is 0 Å². The standard InChI is InChI=1S/C22H24N4O2S/c1-4-17-23-14(3)19-13(2)20(29-22(19)25-17)21(28)24-16-8-5-7-15(11-16)12-26-10-6-9-18(26)27/h5,7-8,11H,4,6,9-10,12H2,1-3H3,(H,24,28). The number of hydrogen-bond acceptors (Lipinski definition) is 5. The van der Waals surface area contributed by atoms with E-state index < -0.39 is 0 Å². The zero-order valence-corrected chi connectivity index (χ0v) is 17.7. The Hall–Kier alpha value is -2.80. The Balaban J connectivity index is 1.56. The van der Waals surface area contributed by atoms with Crippen molar-refractivity contribution in [3.63, 3.8) is 0 Å². The highest BCUT2D eigenvalue weighted by molar-refractivity contribution is 7.20. The van der Waals surface area contributed by atoms with Gasteiger partial charge in [0.1, 0.15) is 10.7 Å². The van der Waals surface area contributed by atoms with Gasteiger partial charge in [0.2, 0.25) is 5.91 Å². The molecule has 6 nitrogen and oxygen atoms in total. The Kier molecular flexibility index (Phi) is 5.32. The van der Waals surface area contributed by atoms with Gasteiger partial charge in [-0.1, -0.05) is 19.1 Å². The molecule has 1 saturated heterocycles. The Labute approximate surface area is 174 Å². The fraction of sp³-hybridized carbons (Fsp3) is 0.364. The number of aromatic nitrogens is 2. The Bertz CT molecular complexity index is 1110. The molecule has 0 bridgehead atoms. The first-order chi connectivity index (χ1) is 14.0. The summed E-state index contributed by atoms with van der Waals surface area (Å²) in [4.78, 5) is 37.3. The third kappa shape index (κ3) is 3.87. The van der Waals surface area contributed by atoms with E-state index in [4.69, 9.17) is 0 Å². The third-order valence-electron chi connectivity index (χ3n) is 5.27. The first-order valence-electron chi connectivity index (χ1n) is 9.91. The molecule has 29 heavy (non-hydrogen) atoms. The summed E-state index contributed by atoms with van der Waals surface area (Å²) in [6.07, 6.45) is 2.31. The van der Waals surface area contributed by atoms with Crippen molar-refractivity contribution in [2.75, 3.05) is 11.9 Å². The summed E-state index contributed by atoms with van der Waals surface area (Å²) in [5, 5.41) is 3.98. The molecule has 2 amide bonds. The minimum atomic E-state index is -0.141. The lowest BCUT2D eigenvalue weighted by atomic mass is 10.1. The smallest absolute Gasteiger partial charge is 0.266 e. The van der Waals surface area contributed by atoms with E-state index in [1.165, 1.54) is 11.3 Å². The van der Waals surface area contributed by atoms with Crippen LogP contribution in [0.4, 0.5) is 5.69 Å². The molecule has 2 aromatic heterocycles. The van der Waals surface area contributed by atoms with Gasteiger partial charge in [-0.3, -0.25) is 9.59 Å². The lowest BCUT2D eigenvalue weighted by Gasteiger charge is -2.16. The molecule has 1 aliphatic rings. The number of aryl methyl sites for hydroxylation is 3. The number of nitrogens with zero attached hydrogens (tertiary/aromatic N) is 3. The largest absolute Gasteiger partial charge is 0.338 e. The van der Waals surface area contributed by atoms with Gasteiger partial charge in [-0.05, 0) is 43.5 Å². The van der Waals surface area contributed by atoms with E-state index in [-0.39, 0.29) is 11.8 Å². The molecule has 3 aromatic rings. The van der Waals surface area contributed by atoms with Gasteiger partial charge in [0.05, 0.1) is 4.88 Å². The normalized spacial score (nSPS) is 14.0. The van der Waals surface area contributed by atoms with Crippen molar-refractivity contribution in [2.24, 2.45) is 0 Å². The van der Waals surface area contributed by atoms with E-state index in [1.807, 2.05) is 49.9 Å². The maximum Gasteiger partial charge on any atom is 0.266 e. The van der Waals surface area contributed by atoms with Crippen molar-refractivity contribution in [3.8, 4) is 0 Å². The number of carbonyl (C=O) groups excluding carboxylic acids is 2. The monoisotopic (exact) mass is 408 g/mol. The number of anilines is 1. The lowest BCUT2D eigenvalue weighted by Crippen LogP contribution is -2.23. The van der Waals surface area contributed by atoms with Gasteiger partial charge in [-0.15, -0.1) is 11.3 Å². The summed E-state index contributed by atoms with van der Waals surface area (Å²) in [6.45, 7) is 7.33. The van der Waals surface area contributed by atoms with E-state index >= 15 is 0 Å². The van der Waals surface area contributed by atoms with E-state index in [9.17, 15) is 9.59 Å². The van der Waals surface area contributed by atoms with Crippen molar-refractivity contribution in [1.82, 2.24) is 14.9 Å². The summed E-state index contributed by atoms with van der Waals surface area (Å²) >= 11 is 1.41. The molecule has 0 spiro atoms. The predicted octanol–water partition coefficient (Wildman–Crippen LogP) is 4.25. The molecule has 0 atom stereocenters. The molecule has 0 unspecified atom stereocenters. The molecule has 0 aliphatic carbocycles. The van der Waals surface area contributed by atoms with Crippen LogP contribution in [-0.4, -0.2) is 33.2 Å². The van der Waals surface area contributed by atoms with Crippen LogP contribution < -0.4 is 5.32 Å². The van der Waals surface area contributed by atoms with Gasteiger partial charge in [-0.25, -0.2) is 9.97 Å². The number of fused-ring (bicyclic) bond motifs is 1. The summed E-state index contributed by atoms with van der Waals surface area (Å²) in [5.41, 5.74) is 3.58. The number of carbonyl (C=O) groups is 2. The number of thiophene rings is 1. The summed E-state index contributed by atoms with van der Waals surface area (Å²) < 4.78 is 0. The van der Waals surface area contributed by atoms with Crippen LogP contribution in [0.15, 0.2) is 24.3 Å². The lowest BCUT2D eigenvalue weighted by molar-refractivity contribution is -0.128. The SMILES string of the molecule is CCc1nc(C)c2c(C)c(C(=O)Nc3cccc(CN4CCCC4=O)c3)sc2n1. The summed E-state index contributed by atoms with van der Waals surface area (Å²) in [5.74, 6) is 0.855. The Morgan fingerprint density at radius 1 is 1.28 bits per heavy atom. The number of benzene rings is 1. The highest BCUT2D eigenvalue weighted by atomic mass is 32.1. The molecule has 4 rings (SSSR count). The number of nitrogens with one attached hydrogen (secondary N) is 1. The van der Waals surface area contributed by atoms with Gasteiger partial charge >= 0.3 is 0 Å². The molecule has 7 heteroatoms. The van der Waals surface area contributed by atoms with E-state index in [0.717, 1.165) is 57.9 Å². The van der Waals surface area contributed by atoms with Crippen molar-refractivity contribution in [1.29, 1.82) is 0 Å². The minimum Gasteiger partial charge on any atom is -0.338 e. The van der Waals surface area contributed by atoms with E-state index in [0.29, 0.717) is 17.8 Å². The summed E-state index contributed by atoms with van der Waals surface area (Å²) in [6, 6.07) is 7.70. The van der Waals surface area contributed by atoms with Gasteiger partial charge in [0.15, 0.2) is 0 Å². The average Bonchev–Trinajstić information content (AvgIpc) is 3.25. The van der Waals surface area contributed by atoms with Crippen LogP contribution >= 0.6 is 11.3 Å². The predicted molar refractivity (Wildman–Crippen MR) is 115 cm³/mol. The molecular weight excluding hydrogens is 384 g/mol. The Morgan fingerprint density at radius 2 is 2.10 bits per heavy atom. The minimum absolute atomic E-state index is 0.141. The number of likely N-dealkylation sites (tertiary alicyclic amines) is 1.